The number of hydrogen-bond acceptors (Lipinski definition) is 8. The van der Waals surface area contributed by atoms with Crippen molar-refractivity contribution in [2.75, 3.05) is 25.6 Å². The molecule has 46 heavy (non-hydrogen) atoms. The minimum atomic E-state index is -1.34. The van der Waals surface area contributed by atoms with Crippen LogP contribution in [-0.4, -0.2) is 61.8 Å². The topological polar surface area (TPSA) is 142 Å². The van der Waals surface area contributed by atoms with Crippen molar-refractivity contribution >= 4 is 48.0 Å². The SMILES string of the molecule is COC(=O)Nc1ccc(-c2cn(COCC[Si](C)(C)C)c([C@H](CNC(=O)OC(C)(C)C)NC(=O)OCc3ccccc3)n2)c(Br)c1. The van der Waals surface area contributed by atoms with Crippen molar-refractivity contribution in [3.05, 3.63) is 70.6 Å². The second kappa shape index (κ2) is 16.6. The minimum absolute atomic E-state index is 0.0378. The number of nitrogens with zero attached hydrogens (tertiary/aromatic N) is 2. The molecule has 3 N–H and O–H groups in total. The van der Waals surface area contributed by atoms with Gasteiger partial charge >= 0.3 is 18.3 Å². The van der Waals surface area contributed by atoms with E-state index in [4.69, 9.17) is 19.2 Å². The Hall–Kier alpha value is -3.88. The van der Waals surface area contributed by atoms with Gasteiger partial charge in [-0.05, 0) is 50.6 Å². The molecule has 3 aromatic rings. The van der Waals surface area contributed by atoms with Gasteiger partial charge in [0.1, 0.15) is 30.8 Å². The Morgan fingerprint density at radius 3 is 2.37 bits per heavy atom. The first kappa shape index (κ1) is 36.6. The molecule has 0 aliphatic rings. The van der Waals surface area contributed by atoms with Crippen molar-refractivity contribution in [2.45, 2.75) is 71.4 Å². The maximum absolute atomic E-state index is 13.0. The molecule has 1 heterocycles. The lowest BCUT2D eigenvalue weighted by molar-refractivity contribution is 0.0517. The minimum Gasteiger partial charge on any atom is -0.453 e. The van der Waals surface area contributed by atoms with Gasteiger partial charge in [-0.1, -0.05) is 65.9 Å². The van der Waals surface area contributed by atoms with Gasteiger partial charge in [0.05, 0.1) is 12.8 Å². The number of ether oxygens (including phenoxy) is 4. The number of aromatic nitrogens is 2. The van der Waals surface area contributed by atoms with Crippen LogP contribution in [0.15, 0.2) is 59.2 Å². The average Bonchev–Trinajstić information content (AvgIpc) is 3.39. The highest BCUT2D eigenvalue weighted by atomic mass is 79.9. The van der Waals surface area contributed by atoms with Crippen LogP contribution < -0.4 is 16.0 Å². The van der Waals surface area contributed by atoms with Crippen molar-refractivity contribution in [1.29, 1.82) is 0 Å². The molecule has 1 aromatic heterocycles. The van der Waals surface area contributed by atoms with E-state index in [2.05, 4.69) is 56.3 Å². The van der Waals surface area contributed by atoms with Crippen LogP contribution >= 0.6 is 15.9 Å². The van der Waals surface area contributed by atoms with Crippen LogP contribution in [-0.2, 0) is 32.3 Å². The molecule has 1 atom stereocenters. The highest BCUT2D eigenvalue weighted by molar-refractivity contribution is 9.10. The highest BCUT2D eigenvalue weighted by Gasteiger charge is 2.26. The summed E-state index contributed by atoms with van der Waals surface area (Å²) in [5.41, 5.74) is 1.94. The number of rotatable bonds is 13. The molecule has 0 fully saturated rings. The predicted octanol–water partition coefficient (Wildman–Crippen LogP) is 7.30. The number of benzene rings is 2. The lowest BCUT2D eigenvalue weighted by Gasteiger charge is -2.23. The van der Waals surface area contributed by atoms with Gasteiger partial charge in [0, 0.05) is 43.1 Å². The number of amides is 3. The van der Waals surface area contributed by atoms with E-state index in [0.717, 1.165) is 17.2 Å². The second-order valence-corrected chi connectivity index (χ2v) is 19.2. The first-order valence-corrected chi connectivity index (χ1v) is 19.4. The zero-order valence-corrected chi connectivity index (χ0v) is 30.0. The maximum atomic E-state index is 13.0. The van der Waals surface area contributed by atoms with Crippen molar-refractivity contribution in [3.63, 3.8) is 0 Å². The van der Waals surface area contributed by atoms with E-state index in [1.54, 1.807) is 43.5 Å². The van der Waals surface area contributed by atoms with Crippen molar-refractivity contribution < 1.29 is 33.3 Å². The standard InChI is InChI=1S/C32H44BrN5O7Si/c1-32(2,3)45-29(39)34-18-26(37-31(41)44-20-22-11-9-8-10-12-22)28-36-27(19-38(28)21-43-15-16-46(5,6)7)24-14-13-23(17-25(24)33)35-30(40)42-4/h8-14,17,19,26H,15-16,18,20-21H2,1-7H3,(H,34,39)(H,35,40)(H,37,41)/t26-/m0/s1. The molecular weight excluding hydrogens is 674 g/mol. The molecule has 3 amide bonds. The molecule has 0 bridgehead atoms. The summed E-state index contributed by atoms with van der Waals surface area (Å²) in [5, 5.41) is 8.23. The molecule has 0 spiro atoms. The normalized spacial score (nSPS) is 12.2. The molecule has 0 saturated heterocycles. The number of imidazole rings is 1. The van der Waals surface area contributed by atoms with E-state index in [-0.39, 0.29) is 19.9 Å². The van der Waals surface area contributed by atoms with Crippen LogP contribution in [0.3, 0.4) is 0 Å². The van der Waals surface area contributed by atoms with Crippen LogP contribution in [0.1, 0.15) is 38.2 Å². The number of hydrogen-bond donors (Lipinski definition) is 3. The van der Waals surface area contributed by atoms with Crippen LogP contribution in [0, 0.1) is 0 Å². The number of anilines is 1. The Bertz CT molecular complexity index is 1470. The van der Waals surface area contributed by atoms with Gasteiger partial charge in [0.2, 0.25) is 0 Å². The lowest BCUT2D eigenvalue weighted by atomic mass is 10.1. The quantitative estimate of drug-likeness (QED) is 0.0951. The summed E-state index contributed by atoms with van der Waals surface area (Å²) in [5.74, 6) is 0.430. The Balaban J connectivity index is 1.94. The third kappa shape index (κ3) is 12.5. The predicted molar refractivity (Wildman–Crippen MR) is 182 cm³/mol. The van der Waals surface area contributed by atoms with Crippen LogP contribution in [0.2, 0.25) is 25.7 Å². The van der Waals surface area contributed by atoms with Gasteiger partial charge in [-0.15, -0.1) is 0 Å². The number of carbonyl (C=O) groups is 3. The van der Waals surface area contributed by atoms with Gasteiger partial charge in [-0.25, -0.2) is 19.4 Å². The van der Waals surface area contributed by atoms with Crippen molar-refractivity contribution in [2.24, 2.45) is 0 Å². The van der Waals surface area contributed by atoms with Gasteiger partial charge in [0.15, 0.2) is 0 Å². The fraction of sp³-hybridized carbons (Fsp3) is 0.438. The second-order valence-electron chi connectivity index (χ2n) is 12.8. The number of carbonyl (C=O) groups excluding carboxylic acids is 3. The van der Waals surface area contributed by atoms with Gasteiger partial charge in [0.25, 0.3) is 0 Å². The summed E-state index contributed by atoms with van der Waals surface area (Å²) in [6, 6.07) is 14.7. The van der Waals surface area contributed by atoms with E-state index in [9.17, 15) is 14.4 Å². The number of methoxy groups -OCH3 is 1. The molecule has 0 aliphatic carbocycles. The molecule has 14 heteroatoms. The Labute approximate surface area is 279 Å². The number of nitrogens with one attached hydrogen (secondary N) is 3. The van der Waals surface area contributed by atoms with E-state index in [1.165, 1.54) is 7.11 Å². The van der Waals surface area contributed by atoms with Crippen LogP contribution in [0.25, 0.3) is 11.3 Å². The molecule has 3 rings (SSSR count). The summed E-state index contributed by atoms with van der Waals surface area (Å²) >= 11 is 3.58. The van der Waals surface area contributed by atoms with Crippen molar-refractivity contribution in [1.82, 2.24) is 20.2 Å². The smallest absolute Gasteiger partial charge is 0.411 e. The first-order chi connectivity index (χ1) is 21.6. The summed E-state index contributed by atoms with van der Waals surface area (Å²) < 4.78 is 24.1. The Morgan fingerprint density at radius 1 is 1.02 bits per heavy atom. The van der Waals surface area contributed by atoms with Gasteiger partial charge < -0.3 is 34.1 Å². The Kier molecular flexibility index (Phi) is 13.2. The third-order valence-electron chi connectivity index (χ3n) is 6.38. The zero-order chi connectivity index (χ0) is 33.9. The fourth-order valence-corrected chi connectivity index (χ4v) is 5.40. The molecule has 12 nitrogen and oxygen atoms in total. The molecular formula is C32H44BrN5O7Si. The molecule has 0 radical (unpaired) electrons. The molecule has 0 saturated carbocycles. The average molecular weight is 719 g/mol. The van der Waals surface area contributed by atoms with Crippen LogP contribution in [0.4, 0.5) is 20.1 Å². The van der Waals surface area contributed by atoms with Gasteiger partial charge in [-0.3, -0.25) is 5.32 Å². The van der Waals surface area contributed by atoms with Crippen LogP contribution in [0.5, 0.6) is 0 Å². The molecule has 0 aliphatic heterocycles. The highest BCUT2D eigenvalue weighted by Crippen LogP contribution is 2.31. The summed E-state index contributed by atoms with van der Waals surface area (Å²) in [6.07, 6.45) is -0.102. The molecule has 2 aromatic carbocycles. The zero-order valence-electron chi connectivity index (χ0n) is 27.4. The third-order valence-corrected chi connectivity index (χ3v) is 8.74. The largest absolute Gasteiger partial charge is 0.453 e. The summed E-state index contributed by atoms with van der Waals surface area (Å²) in [4.78, 5) is 42.2. The number of alkyl carbamates (subject to hydrolysis) is 2. The summed E-state index contributed by atoms with van der Waals surface area (Å²) in [7, 11) is -0.0498. The van der Waals surface area contributed by atoms with E-state index < -0.39 is 38.0 Å². The van der Waals surface area contributed by atoms with E-state index in [0.29, 0.717) is 28.3 Å². The number of halogens is 1. The lowest BCUT2D eigenvalue weighted by Crippen LogP contribution is -2.41. The Morgan fingerprint density at radius 2 is 1.74 bits per heavy atom. The van der Waals surface area contributed by atoms with Crippen molar-refractivity contribution in [3.8, 4) is 11.3 Å². The monoisotopic (exact) mass is 717 g/mol. The first-order valence-electron chi connectivity index (χ1n) is 14.9. The summed E-state index contributed by atoms with van der Waals surface area (Å²) in [6.45, 7) is 12.9. The van der Waals surface area contributed by atoms with E-state index >= 15 is 0 Å². The van der Waals surface area contributed by atoms with E-state index in [1.807, 2.05) is 36.5 Å². The maximum Gasteiger partial charge on any atom is 0.411 e. The van der Waals surface area contributed by atoms with Gasteiger partial charge in [-0.2, -0.15) is 0 Å². The molecule has 250 valence electrons. The fourth-order valence-electron chi connectivity index (χ4n) is 4.07. The molecule has 0 unspecified atom stereocenters.